The quantitative estimate of drug-likeness (QED) is 0.806. The summed E-state index contributed by atoms with van der Waals surface area (Å²) in [4.78, 5) is 4.87. The fraction of sp³-hybridized carbons (Fsp3) is 0.778. The Morgan fingerprint density at radius 3 is 2.40 bits per heavy atom. The van der Waals surface area contributed by atoms with Gasteiger partial charge in [0.05, 0.1) is 6.54 Å². The first-order valence-corrected chi connectivity index (χ1v) is 6.40. The van der Waals surface area contributed by atoms with Crippen LogP contribution in [0.4, 0.5) is 0 Å². The van der Waals surface area contributed by atoms with Gasteiger partial charge < -0.3 is 4.90 Å². The molecule has 0 spiro atoms. The lowest BCUT2D eigenvalue weighted by molar-refractivity contribution is 0.131. The third-order valence-corrected chi connectivity index (χ3v) is 3.72. The zero-order chi connectivity index (χ0) is 10.7. The lowest BCUT2D eigenvalue weighted by Crippen LogP contribution is -2.45. The molecule has 0 aliphatic carbocycles. The zero-order valence-electron chi connectivity index (χ0n) is 8.82. The molecule has 6 heteroatoms. The highest BCUT2D eigenvalue weighted by Gasteiger charge is 2.16. The molecule has 0 bridgehead atoms. The van der Waals surface area contributed by atoms with Crippen molar-refractivity contribution in [2.75, 3.05) is 32.7 Å². The number of piperazine rings is 1. The van der Waals surface area contributed by atoms with E-state index in [1.807, 2.05) is 0 Å². The van der Waals surface area contributed by atoms with E-state index in [0.717, 1.165) is 44.3 Å². The van der Waals surface area contributed by atoms with Crippen LogP contribution in [-0.2, 0) is 6.54 Å². The Bertz CT molecular complexity index is 309. The van der Waals surface area contributed by atoms with Gasteiger partial charge in [0.2, 0.25) is 4.47 Å². The van der Waals surface area contributed by atoms with Crippen LogP contribution in [0.2, 0.25) is 4.47 Å². The van der Waals surface area contributed by atoms with Gasteiger partial charge in [-0.05, 0) is 18.1 Å². The minimum absolute atomic E-state index is 0.539. The minimum Gasteiger partial charge on any atom is -0.301 e. The van der Waals surface area contributed by atoms with Crippen LogP contribution in [0.15, 0.2) is 0 Å². The van der Waals surface area contributed by atoms with Crippen molar-refractivity contribution >= 4 is 22.9 Å². The Kier molecular flexibility index (Phi) is 3.91. The molecular formula is C9H15ClN4S. The second kappa shape index (κ2) is 5.21. The third kappa shape index (κ3) is 3.11. The van der Waals surface area contributed by atoms with E-state index in [0.29, 0.717) is 4.47 Å². The number of likely N-dealkylation sites (N-methyl/N-ethyl adjacent to an activating group) is 1. The fourth-order valence-electron chi connectivity index (χ4n) is 1.75. The molecule has 1 fully saturated rings. The van der Waals surface area contributed by atoms with E-state index in [1.54, 1.807) is 0 Å². The van der Waals surface area contributed by atoms with Crippen molar-refractivity contribution in [3.63, 3.8) is 0 Å². The van der Waals surface area contributed by atoms with Crippen LogP contribution in [0, 0.1) is 0 Å². The van der Waals surface area contributed by atoms with Gasteiger partial charge >= 0.3 is 0 Å². The predicted molar refractivity (Wildman–Crippen MR) is 62.3 cm³/mol. The van der Waals surface area contributed by atoms with Gasteiger partial charge in [-0.15, -0.1) is 10.2 Å². The molecule has 0 saturated carbocycles. The van der Waals surface area contributed by atoms with Crippen molar-refractivity contribution in [3.05, 3.63) is 9.47 Å². The monoisotopic (exact) mass is 246 g/mol. The molecule has 0 aromatic carbocycles. The number of nitrogens with zero attached hydrogens (tertiary/aromatic N) is 4. The van der Waals surface area contributed by atoms with Gasteiger partial charge in [0, 0.05) is 26.2 Å². The molecule has 2 rings (SSSR count). The van der Waals surface area contributed by atoms with E-state index in [-0.39, 0.29) is 0 Å². The van der Waals surface area contributed by atoms with Crippen LogP contribution in [0.3, 0.4) is 0 Å². The summed E-state index contributed by atoms with van der Waals surface area (Å²) in [7, 11) is 0. The second-order valence-corrected chi connectivity index (χ2v) is 5.30. The van der Waals surface area contributed by atoms with Crippen LogP contribution < -0.4 is 0 Å². The van der Waals surface area contributed by atoms with E-state index in [1.165, 1.54) is 11.3 Å². The van der Waals surface area contributed by atoms with E-state index in [9.17, 15) is 0 Å². The Morgan fingerprint density at radius 2 is 1.87 bits per heavy atom. The normalized spacial score (nSPS) is 19.6. The SMILES string of the molecule is CCN1CCN(Cc2nnc(Cl)s2)CC1. The zero-order valence-corrected chi connectivity index (χ0v) is 10.4. The van der Waals surface area contributed by atoms with Gasteiger partial charge in [-0.2, -0.15) is 0 Å². The Hall–Kier alpha value is -0.230. The van der Waals surface area contributed by atoms with Crippen LogP contribution in [0.1, 0.15) is 11.9 Å². The number of aromatic nitrogens is 2. The molecule has 0 unspecified atom stereocenters. The van der Waals surface area contributed by atoms with Gasteiger partial charge in [-0.3, -0.25) is 4.90 Å². The molecule has 1 aromatic heterocycles. The lowest BCUT2D eigenvalue weighted by atomic mass is 10.3. The molecule has 0 N–H and O–H groups in total. The third-order valence-electron chi connectivity index (χ3n) is 2.71. The number of halogens is 1. The van der Waals surface area contributed by atoms with Crippen molar-refractivity contribution in [1.29, 1.82) is 0 Å². The first kappa shape index (κ1) is 11.3. The number of hydrogen-bond donors (Lipinski definition) is 0. The maximum atomic E-state index is 5.74. The molecule has 1 aliphatic heterocycles. The lowest BCUT2D eigenvalue weighted by Gasteiger charge is -2.33. The highest BCUT2D eigenvalue weighted by atomic mass is 35.5. The number of rotatable bonds is 3. The minimum atomic E-state index is 0.539. The first-order chi connectivity index (χ1) is 7.28. The maximum absolute atomic E-state index is 5.74. The Labute approximate surface area is 98.9 Å². The Balaban J connectivity index is 1.82. The topological polar surface area (TPSA) is 32.3 Å². The van der Waals surface area contributed by atoms with E-state index < -0.39 is 0 Å². The van der Waals surface area contributed by atoms with Crippen molar-refractivity contribution in [2.24, 2.45) is 0 Å². The van der Waals surface area contributed by atoms with E-state index >= 15 is 0 Å². The summed E-state index contributed by atoms with van der Waals surface area (Å²) in [5, 5.41) is 8.86. The van der Waals surface area contributed by atoms with Crippen LogP contribution in [0.5, 0.6) is 0 Å². The van der Waals surface area contributed by atoms with E-state index in [2.05, 4.69) is 26.9 Å². The molecule has 1 aromatic rings. The molecule has 0 amide bonds. The average molecular weight is 247 g/mol. The summed E-state index contributed by atoms with van der Waals surface area (Å²) in [6.07, 6.45) is 0. The highest BCUT2D eigenvalue weighted by Crippen LogP contribution is 2.17. The van der Waals surface area contributed by atoms with Crippen LogP contribution >= 0.6 is 22.9 Å². The van der Waals surface area contributed by atoms with Gasteiger partial charge in [-0.25, -0.2) is 0 Å². The molecule has 0 atom stereocenters. The summed E-state index contributed by atoms with van der Waals surface area (Å²) in [5.74, 6) is 0. The molecule has 4 nitrogen and oxygen atoms in total. The molecule has 0 radical (unpaired) electrons. The smallest absolute Gasteiger partial charge is 0.207 e. The maximum Gasteiger partial charge on any atom is 0.207 e. The Morgan fingerprint density at radius 1 is 1.20 bits per heavy atom. The summed E-state index contributed by atoms with van der Waals surface area (Å²) >= 11 is 7.22. The van der Waals surface area contributed by atoms with Crippen molar-refractivity contribution in [1.82, 2.24) is 20.0 Å². The van der Waals surface area contributed by atoms with E-state index in [4.69, 9.17) is 11.6 Å². The van der Waals surface area contributed by atoms with Gasteiger partial charge in [0.1, 0.15) is 5.01 Å². The van der Waals surface area contributed by atoms with Crippen LogP contribution in [-0.4, -0.2) is 52.7 Å². The fourth-order valence-corrected chi connectivity index (χ4v) is 2.66. The standard InChI is InChI=1S/C9H15ClN4S/c1-2-13-3-5-14(6-4-13)7-8-11-12-9(10)15-8/h2-7H2,1H3. The van der Waals surface area contributed by atoms with Crippen molar-refractivity contribution < 1.29 is 0 Å². The van der Waals surface area contributed by atoms with Crippen molar-refractivity contribution in [2.45, 2.75) is 13.5 Å². The molecule has 2 heterocycles. The summed E-state index contributed by atoms with van der Waals surface area (Å²) in [6, 6.07) is 0. The molecular weight excluding hydrogens is 232 g/mol. The molecule has 1 aliphatic rings. The number of hydrogen-bond acceptors (Lipinski definition) is 5. The second-order valence-electron chi connectivity index (χ2n) is 3.66. The predicted octanol–water partition coefficient (Wildman–Crippen LogP) is 1.33. The molecule has 1 saturated heterocycles. The summed E-state index contributed by atoms with van der Waals surface area (Å²) in [6.45, 7) is 8.79. The molecule has 84 valence electrons. The van der Waals surface area contributed by atoms with Gasteiger partial charge in [0.25, 0.3) is 0 Å². The van der Waals surface area contributed by atoms with Crippen molar-refractivity contribution in [3.8, 4) is 0 Å². The first-order valence-electron chi connectivity index (χ1n) is 5.20. The van der Waals surface area contributed by atoms with Gasteiger partial charge in [0.15, 0.2) is 0 Å². The largest absolute Gasteiger partial charge is 0.301 e. The summed E-state index contributed by atoms with van der Waals surface area (Å²) in [5.41, 5.74) is 0. The molecule has 15 heavy (non-hydrogen) atoms. The van der Waals surface area contributed by atoms with Crippen LogP contribution in [0.25, 0.3) is 0 Å². The highest BCUT2D eigenvalue weighted by molar-refractivity contribution is 7.15. The average Bonchev–Trinajstić information content (AvgIpc) is 2.65. The van der Waals surface area contributed by atoms with Gasteiger partial charge in [-0.1, -0.05) is 18.3 Å². The summed E-state index contributed by atoms with van der Waals surface area (Å²) < 4.78 is 0.539.